The zero-order valence-electron chi connectivity index (χ0n) is 16.1. The highest BCUT2D eigenvalue weighted by Gasteiger charge is 2.41. The van der Waals surface area contributed by atoms with Gasteiger partial charge in [0.05, 0.1) is 11.4 Å². The van der Waals surface area contributed by atoms with Crippen molar-refractivity contribution in [2.45, 2.75) is 6.92 Å². The zero-order valence-corrected chi connectivity index (χ0v) is 16.9. The highest BCUT2D eigenvalue weighted by atomic mass is 32.1. The maximum atomic E-state index is 13.4. The number of benzene rings is 2. The van der Waals surface area contributed by atoms with Crippen molar-refractivity contribution in [2.24, 2.45) is 7.05 Å². The van der Waals surface area contributed by atoms with Crippen molar-refractivity contribution in [2.75, 3.05) is 9.80 Å². The van der Waals surface area contributed by atoms with Gasteiger partial charge in [-0.1, -0.05) is 36.4 Å². The number of para-hydroxylation sites is 2. The fraction of sp³-hybridized carbons (Fsp3) is 0.0870. The maximum Gasteiger partial charge on any atom is 0.270 e. The lowest BCUT2D eigenvalue weighted by atomic mass is 10.1. The number of carbonyl (C=O) groups is 2. The van der Waals surface area contributed by atoms with Crippen molar-refractivity contribution in [1.29, 1.82) is 0 Å². The summed E-state index contributed by atoms with van der Waals surface area (Å²) in [5.74, 6) is -0.866. The molecular formula is C23H19N3O2S. The Hall–Kier alpha value is -3.51. The molecule has 0 saturated carbocycles. The van der Waals surface area contributed by atoms with E-state index in [0.29, 0.717) is 11.4 Å². The predicted molar refractivity (Wildman–Crippen MR) is 119 cm³/mol. The number of hydrogen-bond acceptors (Lipinski definition) is 3. The van der Waals surface area contributed by atoms with Crippen molar-refractivity contribution in [3.8, 4) is 0 Å². The van der Waals surface area contributed by atoms with E-state index in [-0.39, 0.29) is 10.7 Å². The second kappa shape index (κ2) is 7.48. The molecule has 2 amide bonds. The average Bonchev–Trinajstić information content (AvgIpc) is 3.05. The standard InChI is InChI=1S/C23H19N3O2S/c1-16-13-14-19(24(16)2)15-20-21(27)25(17-9-5-3-6-10-17)23(29)26(22(20)28)18-11-7-4-8-12-18/h3-15H,1-2H3. The van der Waals surface area contributed by atoms with E-state index >= 15 is 0 Å². The van der Waals surface area contributed by atoms with Gasteiger partial charge in [-0.25, -0.2) is 0 Å². The molecule has 1 aliphatic heterocycles. The summed E-state index contributed by atoms with van der Waals surface area (Å²) in [6.07, 6.45) is 1.63. The maximum absolute atomic E-state index is 13.4. The quantitative estimate of drug-likeness (QED) is 0.377. The van der Waals surface area contributed by atoms with Crippen LogP contribution in [0.4, 0.5) is 11.4 Å². The van der Waals surface area contributed by atoms with Crippen LogP contribution in [0.3, 0.4) is 0 Å². The summed E-state index contributed by atoms with van der Waals surface area (Å²) in [6, 6.07) is 22.1. The van der Waals surface area contributed by atoms with Crippen molar-refractivity contribution >= 4 is 46.6 Å². The fourth-order valence-electron chi connectivity index (χ4n) is 3.27. The van der Waals surface area contributed by atoms with E-state index in [1.54, 1.807) is 30.3 Å². The molecule has 1 aromatic heterocycles. The van der Waals surface area contributed by atoms with Gasteiger partial charge in [0.15, 0.2) is 5.11 Å². The van der Waals surface area contributed by atoms with E-state index in [2.05, 4.69) is 0 Å². The van der Waals surface area contributed by atoms with E-state index in [1.165, 1.54) is 9.80 Å². The second-order valence-electron chi connectivity index (χ2n) is 6.75. The van der Waals surface area contributed by atoms with Gasteiger partial charge in [-0.2, -0.15) is 0 Å². The number of amides is 2. The van der Waals surface area contributed by atoms with Gasteiger partial charge >= 0.3 is 0 Å². The Morgan fingerprint density at radius 1 is 0.759 bits per heavy atom. The van der Waals surface area contributed by atoms with Gasteiger partial charge in [-0.05, 0) is 61.6 Å². The van der Waals surface area contributed by atoms with Gasteiger partial charge in [0, 0.05) is 18.4 Å². The molecule has 0 bridgehead atoms. The lowest BCUT2D eigenvalue weighted by Gasteiger charge is -2.36. The van der Waals surface area contributed by atoms with Crippen LogP contribution >= 0.6 is 12.2 Å². The number of rotatable bonds is 3. The third-order valence-corrected chi connectivity index (χ3v) is 5.35. The van der Waals surface area contributed by atoms with Gasteiger partial charge in [0.2, 0.25) is 0 Å². The molecule has 0 aliphatic carbocycles. The van der Waals surface area contributed by atoms with E-state index in [4.69, 9.17) is 12.2 Å². The van der Waals surface area contributed by atoms with Crippen LogP contribution in [0.15, 0.2) is 78.4 Å². The third-order valence-electron chi connectivity index (χ3n) is 4.98. The van der Waals surface area contributed by atoms with Crippen LogP contribution in [0.1, 0.15) is 11.4 Å². The van der Waals surface area contributed by atoms with Crippen molar-refractivity contribution in [3.63, 3.8) is 0 Å². The Labute approximate surface area is 174 Å². The number of aromatic nitrogens is 1. The molecule has 4 rings (SSSR count). The molecule has 0 N–H and O–H groups in total. The minimum Gasteiger partial charge on any atom is -0.348 e. The molecule has 5 nitrogen and oxygen atoms in total. The number of nitrogens with zero attached hydrogens (tertiary/aromatic N) is 3. The Morgan fingerprint density at radius 2 is 1.24 bits per heavy atom. The Kier molecular flexibility index (Phi) is 4.86. The summed E-state index contributed by atoms with van der Waals surface area (Å²) in [6.45, 7) is 1.97. The number of hydrogen-bond donors (Lipinski definition) is 0. The number of anilines is 2. The molecule has 0 spiro atoms. The van der Waals surface area contributed by atoms with Crippen molar-refractivity contribution in [3.05, 3.63) is 89.8 Å². The summed E-state index contributed by atoms with van der Waals surface area (Å²) in [5.41, 5.74) is 3.10. The molecule has 2 aromatic carbocycles. The second-order valence-corrected chi connectivity index (χ2v) is 7.12. The molecule has 1 saturated heterocycles. The van der Waals surface area contributed by atoms with Crippen molar-refractivity contribution < 1.29 is 9.59 Å². The summed E-state index contributed by atoms with van der Waals surface area (Å²) < 4.78 is 1.93. The molecule has 1 fully saturated rings. The highest BCUT2D eigenvalue weighted by Crippen LogP contribution is 2.29. The summed E-state index contributed by atoms with van der Waals surface area (Å²) in [4.78, 5) is 29.5. The van der Waals surface area contributed by atoms with Crippen LogP contribution < -0.4 is 9.80 Å². The van der Waals surface area contributed by atoms with Crippen LogP contribution in [0.25, 0.3) is 6.08 Å². The molecule has 6 heteroatoms. The van der Waals surface area contributed by atoms with E-state index in [1.807, 2.05) is 67.1 Å². The van der Waals surface area contributed by atoms with Crippen LogP contribution in [0.5, 0.6) is 0 Å². The minimum atomic E-state index is -0.433. The van der Waals surface area contributed by atoms with Crippen LogP contribution in [0.2, 0.25) is 0 Å². The van der Waals surface area contributed by atoms with Crippen LogP contribution in [0, 0.1) is 6.92 Å². The van der Waals surface area contributed by atoms with Gasteiger partial charge in [0.25, 0.3) is 11.8 Å². The largest absolute Gasteiger partial charge is 0.348 e. The Morgan fingerprint density at radius 3 is 1.66 bits per heavy atom. The highest BCUT2D eigenvalue weighted by molar-refractivity contribution is 7.81. The minimum absolute atomic E-state index is 0.0625. The molecule has 1 aliphatic rings. The molecule has 0 atom stereocenters. The molecule has 144 valence electrons. The zero-order chi connectivity index (χ0) is 20.5. The monoisotopic (exact) mass is 401 g/mol. The van der Waals surface area contributed by atoms with E-state index < -0.39 is 11.8 Å². The lowest BCUT2D eigenvalue weighted by Crippen LogP contribution is -2.56. The first-order valence-electron chi connectivity index (χ1n) is 9.16. The molecule has 0 radical (unpaired) electrons. The lowest BCUT2D eigenvalue weighted by molar-refractivity contribution is -0.120. The molecule has 0 unspecified atom stereocenters. The smallest absolute Gasteiger partial charge is 0.270 e. The first-order valence-corrected chi connectivity index (χ1v) is 9.57. The number of aryl methyl sites for hydroxylation is 1. The third kappa shape index (κ3) is 3.28. The number of carbonyl (C=O) groups excluding carboxylic acids is 2. The van der Waals surface area contributed by atoms with E-state index in [9.17, 15) is 9.59 Å². The molecule has 3 aromatic rings. The predicted octanol–water partition coefficient (Wildman–Crippen LogP) is 4.08. The summed E-state index contributed by atoms with van der Waals surface area (Å²) in [7, 11) is 1.90. The van der Waals surface area contributed by atoms with Crippen molar-refractivity contribution in [1.82, 2.24) is 4.57 Å². The fourth-order valence-corrected chi connectivity index (χ4v) is 3.64. The molecule has 29 heavy (non-hydrogen) atoms. The Bertz CT molecular complexity index is 1070. The van der Waals surface area contributed by atoms with Crippen LogP contribution in [-0.2, 0) is 16.6 Å². The van der Waals surface area contributed by atoms with Crippen LogP contribution in [-0.4, -0.2) is 21.5 Å². The van der Waals surface area contributed by atoms with Gasteiger partial charge in [0.1, 0.15) is 5.57 Å². The molecule has 2 heterocycles. The summed E-state index contributed by atoms with van der Waals surface area (Å²) in [5, 5.41) is 0.137. The first kappa shape index (κ1) is 18.8. The number of thiocarbonyl (C=S) groups is 1. The van der Waals surface area contributed by atoms with E-state index in [0.717, 1.165) is 11.4 Å². The average molecular weight is 401 g/mol. The molecular weight excluding hydrogens is 382 g/mol. The first-order chi connectivity index (χ1) is 14.0. The normalized spacial score (nSPS) is 14.6. The van der Waals surface area contributed by atoms with Gasteiger partial charge in [-0.15, -0.1) is 0 Å². The Balaban J connectivity index is 1.88. The topological polar surface area (TPSA) is 45.6 Å². The van der Waals surface area contributed by atoms with Gasteiger partial charge < -0.3 is 4.57 Å². The van der Waals surface area contributed by atoms with Gasteiger partial charge in [-0.3, -0.25) is 19.4 Å². The SMILES string of the molecule is Cc1ccc(C=C2C(=O)N(c3ccccc3)C(=S)N(c3ccccc3)C2=O)n1C. The summed E-state index contributed by atoms with van der Waals surface area (Å²) >= 11 is 5.59.